The van der Waals surface area contributed by atoms with Gasteiger partial charge in [-0.1, -0.05) is 34.1 Å². The average molecular weight is 158 g/mol. The van der Waals surface area contributed by atoms with Crippen LogP contribution in [0.25, 0.3) is 0 Å². The van der Waals surface area contributed by atoms with Gasteiger partial charge in [-0.3, -0.25) is 0 Å². The Bertz CT molecular complexity index is 95.0. The summed E-state index contributed by atoms with van der Waals surface area (Å²) in [5.41, 5.74) is 0.440. The Morgan fingerprint density at radius 3 is 2.09 bits per heavy atom. The van der Waals surface area contributed by atoms with Crippen LogP contribution in [0.4, 0.5) is 0 Å². The highest BCUT2D eigenvalue weighted by Gasteiger charge is 2.20. The van der Waals surface area contributed by atoms with Crippen molar-refractivity contribution in [3.63, 3.8) is 0 Å². The predicted molar refractivity (Wildman–Crippen MR) is 49.6 cm³/mol. The average Bonchev–Trinajstić information content (AvgIpc) is 1.88. The third-order valence-corrected chi connectivity index (χ3v) is 2.79. The van der Waals surface area contributed by atoms with Crippen LogP contribution in [0.15, 0.2) is 0 Å². The maximum Gasteiger partial charge on any atom is 0.0431 e. The van der Waals surface area contributed by atoms with Crippen LogP contribution < -0.4 is 0 Å². The number of aliphatic hydroxyl groups excluding tert-OH is 1. The van der Waals surface area contributed by atoms with E-state index in [-0.39, 0.29) is 0 Å². The molecule has 0 radical (unpaired) electrons. The molecule has 0 amide bonds. The fourth-order valence-electron chi connectivity index (χ4n) is 0.981. The highest BCUT2D eigenvalue weighted by atomic mass is 16.2. The van der Waals surface area contributed by atoms with Crippen molar-refractivity contribution < 1.29 is 5.11 Å². The molecule has 0 aromatic carbocycles. The van der Waals surface area contributed by atoms with Gasteiger partial charge >= 0.3 is 0 Å². The normalized spacial score (nSPS) is 12.5. The molecule has 0 bridgehead atoms. The Kier molecular flexibility index (Phi) is 4.74. The second kappa shape index (κ2) is 4.76. The van der Waals surface area contributed by atoms with E-state index >= 15 is 0 Å². The lowest BCUT2D eigenvalue weighted by Crippen LogP contribution is -2.18. The number of unbranched alkanes of at least 4 members (excludes halogenated alkanes) is 1. The summed E-state index contributed by atoms with van der Waals surface area (Å²) >= 11 is 0. The zero-order chi connectivity index (χ0) is 8.91. The number of aliphatic hydroxyl groups is 1. The second-order valence-electron chi connectivity index (χ2n) is 4.32. The molecule has 0 unspecified atom stereocenters. The van der Waals surface area contributed by atoms with Crippen molar-refractivity contribution >= 4 is 0 Å². The predicted octanol–water partition coefficient (Wildman–Crippen LogP) is 2.83. The summed E-state index contributed by atoms with van der Waals surface area (Å²) < 4.78 is 0. The topological polar surface area (TPSA) is 20.2 Å². The standard InChI is InChI=1S/C10H22O/c1-9(2)10(3,4)7-5-6-8-11/h9,11H,5-8H2,1-4H3. The van der Waals surface area contributed by atoms with Gasteiger partial charge in [0, 0.05) is 6.61 Å². The molecule has 0 aromatic heterocycles. The molecule has 0 aliphatic heterocycles. The van der Waals surface area contributed by atoms with Crippen molar-refractivity contribution in [1.29, 1.82) is 0 Å². The minimum Gasteiger partial charge on any atom is -0.396 e. The first-order valence-corrected chi connectivity index (χ1v) is 4.61. The maximum absolute atomic E-state index is 8.60. The highest BCUT2D eigenvalue weighted by molar-refractivity contribution is 4.71. The van der Waals surface area contributed by atoms with Crippen LogP contribution in [0, 0.1) is 11.3 Å². The van der Waals surface area contributed by atoms with Crippen LogP contribution in [0.5, 0.6) is 0 Å². The summed E-state index contributed by atoms with van der Waals surface area (Å²) in [6.07, 6.45) is 3.34. The lowest BCUT2D eigenvalue weighted by molar-refractivity contribution is 0.208. The fraction of sp³-hybridized carbons (Fsp3) is 1.00. The first-order valence-electron chi connectivity index (χ1n) is 4.61. The lowest BCUT2D eigenvalue weighted by atomic mass is 9.77. The second-order valence-corrected chi connectivity index (χ2v) is 4.32. The molecule has 0 saturated heterocycles. The summed E-state index contributed by atoms with van der Waals surface area (Å²) in [7, 11) is 0. The van der Waals surface area contributed by atoms with Crippen LogP contribution in [-0.4, -0.2) is 11.7 Å². The summed E-state index contributed by atoms with van der Waals surface area (Å²) in [6, 6.07) is 0. The van der Waals surface area contributed by atoms with Crippen LogP contribution in [0.2, 0.25) is 0 Å². The minimum absolute atomic E-state index is 0.341. The van der Waals surface area contributed by atoms with Gasteiger partial charge in [-0.05, 0) is 24.2 Å². The van der Waals surface area contributed by atoms with Crippen molar-refractivity contribution in [2.45, 2.75) is 47.0 Å². The van der Waals surface area contributed by atoms with Crippen molar-refractivity contribution in [1.82, 2.24) is 0 Å². The molecule has 0 aliphatic carbocycles. The van der Waals surface area contributed by atoms with Gasteiger partial charge < -0.3 is 5.11 Å². The van der Waals surface area contributed by atoms with Crippen LogP contribution in [-0.2, 0) is 0 Å². The van der Waals surface area contributed by atoms with E-state index in [1.54, 1.807) is 0 Å². The Morgan fingerprint density at radius 1 is 1.18 bits per heavy atom. The molecule has 0 spiro atoms. The van der Waals surface area contributed by atoms with E-state index in [1.807, 2.05) is 0 Å². The van der Waals surface area contributed by atoms with Gasteiger partial charge in [0.1, 0.15) is 0 Å². The van der Waals surface area contributed by atoms with Crippen molar-refractivity contribution in [2.75, 3.05) is 6.61 Å². The molecule has 68 valence electrons. The van der Waals surface area contributed by atoms with E-state index in [0.717, 1.165) is 18.8 Å². The maximum atomic E-state index is 8.60. The van der Waals surface area contributed by atoms with Gasteiger partial charge in [0.2, 0.25) is 0 Å². The molecule has 0 aliphatic rings. The molecule has 0 heterocycles. The molecular formula is C10H22O. The SMILES string of the molecule is CC(C)C(C)(C)CCCCO. The lowest BCUT2D eigenvalue weighted by Gasteiger charge is -2.29. The van der Waals surface area contributed by atoms with E-state index < -0.39 is 0 Å². The van der Waals surface area contributed by atoms with Gasteiger partial charge in [-0.2, -0.15) is 0 Å². The van der Waals surface area contributed by atoms with Gasteiger partial charge in [-0.15, -0.1) is 0 Å². The number of rotatable bonds is 5. The largest absolute Gasteiger partial charge is 0.396 e. The Labute approximate surface area is 70.8 Å². The zero-order valence-corrected chi connectivity index (χ0v) is 8.35. The molecule has 1 nitrogen and oxygen atoms in total. The third kappa shape index (κ3) is 4.41. The van der Waals surface area contributed by atoms with Gasteiger partial charge in [0.15, 0.2) is 0 Å². The highest BCUT2D eigenvalue weighted by Crippen LogP contribution is 2.31. The zero-order valence-electron chi connectivity index (χ0n) is 8.35. The fourth-order valence-corrected chi connectivity index (χ4v) is 0.981. The van der Waals surface area contributed by atoms with E-state index in [9.17, 15) is 0 Å². The van der Waals surface area contributed by atoms with Gasteiger partial charge in [0.05, 0.1) is 0 Å². The minimum atomic E-state index is 0.341. The van der Waals surface area contributed by atoms with E-state index in [1.165, 1.54) is 6.42 Å². The Hall–Kier alpha value is -0.0400. The molecule has 0 aromatic rings. The number of hydrogen-bond acceptors (Lipinski definition) is 1. The summed E-state index contributed by atoms with van der Waals surface area (Å²) in [4.78, 5) is 0. The smallest absolute Gasteiger partial charge is 0.0431 e. The molecule has 0 fully saturated rings. The van der Waals surface area contributed by atoms with Crippen molar-refractivity contribution in [2.24, 2.45) is 11.3 Å². The van der Waals surface area contributed by atoms with Crippen molar-refractivity contribution in [3.05, 3.63) is 0 Å². The Morgan fingerprint density at radius 2 is 1.73 bits per heavy atom. The first-order chi connectivity index (χ1) is 5.00. The summed E-state index contributed by atoms with van der Waals surface area (Å²) in [6.45, 7) is 9.47. The van der Waals surface area contributed by atoms with Crippen molar-refractivity contribution in [3.8, 4) is 0 Å². The van der Waals surface area contributed by atoms with E-state index in [4.69, 9.17) is 5.11 Å². The van der Waals surface area contributed by atoms with Gasteiger partial charge in [-0.25, -0.2) is 0 Å². The van der Waals surface area contributed by atoms with Crippen LogP contribution in [0.3, 0.4) is 0 Å². The summed E-state index contributed by atoms with van der Waals surface area (Å²) in [5.74, 6) is 0.737. The quantitative estimate of drug-likeness (QED) is 0.610. The van der Waals surface area contributed by atoms with Crippen LogP contribution in [0.1, 0.15) is 47.0 Å². The monoisotopic (exact) mass is 158 g/mol. The van der Waals surface area contributed by atoms with E-state index in [0.29, 0.717) is 12.0 Å². The molecule has 1 N–H and O–H groups in total. The molecule has 0 rings (SSSR count). The Balaban J connectivity index is 3.55. The number of hydrogen-bond donors (Lipinski definition) is 1. The van der Waals surface area contributed by atoms with Gasteiger partial charge in [0.25, 0.3) is 0 Å². The molecule has 0 atom stereocenters. The molecule has 1 heteroatoms. The molecule has 11 heavy (non-hydrogen) atoms. The van der Waals surface area contributed by atoms with E-state index in [2.05, 4.69) is 27.7 Å². The first kappa shape index (κ1) is 11.0. The van der Waals surface area contributed by atoms with Crippen LogP contribution >= 0.6 is 0 Å². The summed E-state index contributed by atoms with van der Waals surface area (Å²) in [5, 5.41) is 8.60. The molecular weight excluding hydrogens is 136 g/mol. The third-order valence-electron chi connectivity index (χ3n) is 2.79. The molecule has 0 saturated carbocycles.